The Kier molecular flexibility index (Phi) is 5.35. The van der Waals surface area contributed by atoms with Crippen LogP contribution in [0, 0.1) is 0 Å². The van der Waals surface area contributed by atoms with Gasteiger partial charge in [-0.15, -0.1) is 0 Å². The average molecular weight is 413 g/mol. The quantitative estimate of drug-likeness (QED) is 0.481. The molecular weight excluding hydrogens is 384 g/mol. The largest absolute Gasteiger partial charge is 0.487 e. The minimum atomic E-state index is 0.485. The van der Waals surface area contributed by atoms with Gasteiger partial charge in [-0.1, -0.05) is 48.5 Å². The normalized spacial score (nSPS) is 14.8. The van der Waals surface area contributed by atoms with Gasteiger partial charge in [0, 0.05) is 49.9 Å². The molecule has 0 bridgehead atoms. The van der Waals surface area contributed by atoms with Crippen LogP contribution in [-0.2, 0) is 13.7 Å². The van der Waals surface area contributed by atoms with Gasteiger partial charge in [-0.3, -0.25) is 0 Å². The van der Waals surface area contributed by atoms with Crippen molar-refractivity contribution >= 4 is 16.5 Å². The number of likely N-dealkylation sites (N-methyl/N-ethyl adjacent to an activating group) is 1. The van der Waals surface area contributed by atoms with Crippen molar-refractivity contribution in [2.75, 3.05) is 38.1 Å². The number of aromatic nitrogens is 2. The standard InChI is InChI=1S/C26H28N4O/c1-28-13-15-30(16-14-28)25-10-6-9-20-11-12-23(17-24(20)25)31-19-22-18-27-26(29(22)2)21-7-4-3-5-8-21/h3-12,17-18H,13-16,19H2,1-2H3. The van der Waals surface area contributed by atoms with Crippen molar-refractivity contribution in [2.45, 2.75) is 6.61 Å². The summed E-state index contributed by atoms with van der Waals surface area (Å²) in [4.78, 5) is 9.47. The second kappa shape index (κ2) is 8.44. The third-order valence-corrected chi connectivity index (χ3v) is 6.18. The van der Waals surface area contributed by atoms with Crippen molar-refractivity contribution < 1.29 is 4.74 Å². The lowest BCUT2D eigenvalue weighted by atomic mass is 10.1. The fourth-order valence-electron chi connectivity index (χ4n) is 4.24. The Balaban J connectivity index is 1.37. The van der Waals surface area contributed by atoms with E-state index in [0.717, 1.165) is 49.0 Å². The molecule has 0 N–H and O–H groups in total. The zero-order valence-corrected chi connectivity index (χ0v) is 18.2. The topological polar surface area (TPSA) is 33.5 Å². The van der Waals surface area contributed by atoms with Gasteiger partial charge in [0.25, 0.3) is 0 Å². The van der Waals surface area contributed by atoms with E-state index >= 15 is 0 Å². The maximum Gasteiger partial charge on any atom is 0.139 e. The van der Waals surface area contributed by atoms with Gasteiger partial charge < -0.3 is 19.1 Å². The molecule has 158 valence electrons. The van der Waals surface area contributed by atoms with E-state index in [9.17, 15) is 0 Å². The van der Waals surface area contributed by atoms with Crippen LogP contribution in [0.5, 0.6) is 5.75 Å². The van der Waals surface area contributed by atoms with E-state index in [1.54, 1.807) is 0 Å². The summed E-state index contributed by atoms with van der Waals surface area (Å²) in [7, 11) is 4.23. The Morgan fingerprint density at radius 1 is 0.871 bits per heavy atom. The van der Waals surface area contributed by atoms with Crippen LogP contribution in [0.25, 0.3) is 22.2 Å². The summed E-state index contributed by atoms with van der Waals surface area (Å²) in [6.45, 7) is 4.78. The summed E-state index contributed by atoms with van der Waals surface area (Å²) >= 11 is 0. The van der Waals surface area contributed by atoms with Gasteiger partial charge in [-0.2, -0.15) is 0 Å². The first kappa shape index (κ1) is 19.6. The number of piperazine rings is 1. The zero-order valence-electron chi connectivity index (χ0n) is 18.2. The molecule has 0 spiro atoms. The lowest BCUT2D eigenvalue weighted by Gasteiger charge is -2.34. The first-order valence-corrected chi connectivity index (χ1v) is 10.8. The second-order valence-electron chi connectivity index (χ2n) is 8.24. The van der Waals surface area contributed by atoms with E-state index in [-0.39, 0.29) is 0 Å². The molecule has 0 radical (unpaired) electrons. The highest BCUT2D eigenvalue weighted by molar-refractivity contribution is 5.95. The first-order chi connectivity index (χ1) is 15.2. The summed E-state index contributed by atoms with van der Waals surface area (Å²) in [5, 5.41) is 2.50. The number of ether oxygens (including phenoxy) is 1. The molecule has 1 aromatic heterocycles. The van der Waals surface area contributed by atoms with Crippen molar-refractivity contribution in [1.29, 1.82) is 0 Å². The predicted octanol–water partition coefficient (Wildman–Crippen LogP) is 4.57. The van der Waals surface area contributed by atoms with Crippen LogP contribution in [0.15, 0.2) is 72.9 Å². The number of benzene rings is 3. The third kappa shape index (κ3) is 4.01. The molecule has 1 aliphatic rings. The molecule has 5 heteroatoms. The number of rotatable bonds is 5. The average Bonchev–Trinajstić information content (AvgIpc) is 3.18. The van der Waals surface area contributed by atoms with Gasteiger partial charge in [0.05, 0.1) is 11.9 Å². The number of hydrogen-bond donors (Lipinski definition) is 0. The molecule has 0 atom stereocenters. The monoisotopic (exact) mass is 412 g/mol. The van der Waals surface area contributed by atoms with Crippen LogP contribution in [0.4, 0.5) is 5.69 Å². The number of imidazole rings is 1. The Hall–Kier alpha value is -3.31. The molecule has 0 amide bonds. The SMILES string of the molecule is CN1CCN(c2cccc3ccc(OCc4cnc(-c5ccccc5)n4C)cc23)CC1. The van der Waals surface area contributed by atoms with E-state index in [2.05, 4.69) is 74.9 Å². The molecular formula is C26H28N4O. The second-order valence-corrected chi connectivity index (χ2v) is 8.24. The van der Waals surface area contributed by atoms with Crippen LogP contribution in [0.3, 0.4) is 0 Å². The van der Waals surface area contributed by atoms with Crippen LogP contribution < -0.4 is 9.64 Å². The molecule has 5 nitrogen and oxygen atoms in total. The molecule has 0 aliphatic carbocycles. The van der Waals surface area contributed by atoms with Crippen molar-refractivity contribution in [3.8, 4) is 17.1 Å². The molecule has 31 heavy (non-hydrogen) atoms. The van der Waals surface area contributed by atoms with Gasteiger partial charge >= 0.3 is 0 Å². The van der Waals surface area contributed by atoms with Crippen molar-refractivity contribution in [3.63, 3.8) is 0 Å². The van der Waals surface area contributed by atoms with E-state index in [0.29, 0.717) is 6.61 Å². The van der Waals surface area contributed by atoms with Gasteiger partial charge in [0.15, 0.2) is 0 Å². The molecule has 1 fully saturated rings. The Labute approximate surface area is 183 Å². The van der Waals surface area contributed by atoms with E-state index in [1.807, 2.05) is 31.4 Å². The maximum atomic E-state index is 6.20. The fourth-order valence-corrected chi connectivity index (χ4v) is 4.24. The van der Waals surface area contributed by atoms with E-state index < -0.39 is 0 Å². The lowest BCUT2D eigenvalue weighted by Crippen LogP contribution is -2.44. The Bertz CT molecular complexity index is 1180. The molecule has 1 aliphatic heterocycles. The van der Waals surface area contributed by atoms with Crippen molar-refractivity contribution in [2.24, 2.45) is 7.05 Å². The number of hydrogen-bond acceptors (Lipinski definition) is 4. The van der Waals surface area contributed by atoms with E-state index in [4.69, 9.17) is 4.74 Å². The predicted molar refractivity (Wildman–Crippen MR) is 127 cm³/mol. The molecule has 0 unspecified atom stereocenters. The molecule has 5 rings (SSSR count). The summed E-state index contributed by atoms with van der Waals surface area (Å²) in [5.41, 5.74) is 3.45. The minimum Gasteiger partial charge on any atom is -0.487 e. The highest BCUT2D eigenvalue weighted by Crippen LogP contribution is 2.31. The zero-order chi connectivity index (χ0) is 21.2. The molecule has 4 aromatic rings. The number of anilines is 1. The van der Waals surface area contributed by atoms with Gasteiger partial charge in [-0.25, -0.2) is 4.98 Å². The highest BCUT2D eigenvalue weighted by atomic mass is 16.5. The minimum absolute atomic E-state index is 0.485. The summed E-state index contributed by atoms with van der Waals surface area (Å²) in [5.74, 6) is 1.84. The number of fused-ring (bicyclic) bond motifs is 1. The molecule has 1 saturated heterocycles. The van der Waals surface area contributed by atoms with E-state index in [1.165, 1.54) is 16.5 Å². The molecule has 3 aromatic carbocycles. The summed E-state index contributed by atoms with van der Waals surface area (Å²) in [6, 6.07) is 23.2. The highest BCUT2D eigenvalue weighted by Gasteiger charge is 2.16. The third-order valence-electron chi connectivity index (χ3n) is 6.18. The smallest absolute Gasteiger partial charge is 0.139 e. The molecule has 0 saturated carbocycles. The number of nitrogens with zero attached hydrogens (tertiary/aromatic N) is 4. The maximum absolute atomic E-state index is 6.20. The van der Waals surface area contributed by atoms with Crippen LogP contribution in [0.1, 0.15) is 5.69 Å². The summed E-state index contributed by atoms with van der Waals surface area (Å²) < 4.78 is 8.31. The van der Waals surface area contributed by atoms with Gasteiger partial charge in [0.1, 0.15) is 18.2 Å². The first-order valence-electron chi connectivity index (χ1n) is 10.8. The van der Waals surface area contributed by atoms with Crippen molar-refractivity contribution in [1.82, 2.24) is 14.5 Å². The van der Waals surface area contributed by atoms with Gasteiger partial charge in [0.2, 0.25) is 0 Å². The van der Waals surface area contributed by atoms with Crippen LogP contribution in [-0.4, -0.2) is 47.7 Å². The van der Waals surface area contributed by atoms with Crippen LogP contribution in [0.2, 0.25) is 0 Å². The fraction of sp³-hybridized carbons (Fsp3) is 0.269. The molecule has 2 heterocycles. The van der Waals surface area contributed by atoms with Crippen LogP contribution >= 0.6 is 0 Å². The Morgan fingerprint density at radius 2 is 1.68 bits per heavy atom. The lowest BCUT2D eigenvalue weighted by molar-refractivity contribution is 0.297. The van der Waals surface area contributed by atoms with Gasteiger partial charge in [-0.05, 0) is 30.6 Å². The Morgan fingerprint density at radius 3 is 2.48 bits per heavy atom. The van der Waals surface area contributed by atoms with Crippen molar-refractivity contribution in [3.05, 3.63) is 78.6 Å². The summed E-state index contributed by atoms with van der Waals surface area (Å²) in [6.07, 6.45) is 1.90.